The van der Waals surface area contributed by atoms with Gasteiger partial charge in [-0.3, -0.25) is 0 Å². The van der Waals surface area contributed by atoms with Crippen LogP contribution in [0.5, 0.6) is 0 Å². The third-order valence-corrected chi connectivity index (χ3v) is 5.73. The van der Waals surface area contributed by atoms with Crippen molar-refractivity contribution in [1.82, 2.24) is 0 Å². The minimum absolute atomic E-state index is 0.966. The van der Waals surface area contributed by atoms with Crippen molar-refractivity contribution in [2.75, 3.05) is 0 Å². The van der Waals surface area contributed by atoms with Crippen LogP contribution in [0.2, 0.25) is 9.88 Å². The Morgan fingerprint density at radius 1 is 0.909 bits per heavy atom. The molecule has 60 valence electrons. The van der Waals surface area contributed by atoms with Crippen molar-refractivity contribution in [2.45, 2.75) is 36.6 Å². The standard InChI is InChI=1S/2C4H5.2CH3.Sn/c2*1-3-4-2;;;/h2*3H2,1H3;2*1H3;. The second-order valence-electron chi connectivity index (χ2n) is 2.94. The summed E-state index contributed by atoms with van der Waals surface area (Å²) in [5.74, 6) is 6.28. The van der Waals surface area contributed by atoms with Crippen LogP contribution in [0.4, 0.5) is 0 Å². The third-order valence-electron chi connectivity index (χ3n) is 1.16. The van der Waals surface area contributed by atoms with E-state index in [2.05, 4.69) is 43.4 Å². The second kappa shape index (κ2) is 5.55. The predicted octanol–water partition coefficient (Wildman–Crippen LogP) is 2.60. The summed E-state index contributed by atoms with van der Waals surface area (Å²) in [6.45, 7) is 4.17. The van der Waals surface area contributed by atoms with E-state index in [1.807, 2.05) is 0 Å². The quantitative estimate of drug-likeness (QED) is 0.461. The van der Waals surface area contributed by atoms with Crippen LogP contribution < -0.4 is 0 Å². The van der Waals surface area contributed by atoms with E-state index in [0.717, 1.165) is 12.8 Å². The van der Waals surface area contributed by atoms with E-state index in [-0.39, 0.29) is 0 Å². The van der Waals surface area contributed by atoms with Crippen LogP contribution >= 0.6 is 0 Å². The number of hydrogen-bond donors (Lipinski definition) is 0. The van der Waals surface area contributed by atoms with Crippen LogP contribution in [0, 0.1) is 19.7 Å². The Bertz CT molecular complexity index is 193. The third kappa shape index (κ3) is 6.32. The van der Waals surface area contributed by atoms with Crippen molar-refractivity contribution in [2.24, 2.45) is 0 Å². The molecule has 0 aliphatic carbocycles. The Morgan fingerprint density at radius 2 is 1.27 bits per heavy atom. The fourth-order valence-corrected chi connectivity index (χ4v) is 4.36. The van der Waals surface area contributed by atoms with Crippen LogP contribution in [-0.2, 0) is 0 Å². The monoisotopic (exact) mass is 256 g/mol. The molecule has 0 aromatic carbocycles. The summed E-state index contributed by atoms with van der Waals surface area (Å²) in [6, 6.07) is 0. The second-order valence-corrected chi connectivity index (χ2v) is 13.6. The molecule has 0 aromatic heterocycles. The average molecular weight is 255 g/mol. The summed E-state index contributed by atoms with van der Waals surface area (Å²) in [5, 5.41) is 0. The molecular formula is C10H16Sn. The van der Waals surface area contributed by atoms with Crippen molar-refractivity contribution in [1.29, 1.82) is 0 Å². The topological polar surface area (TPSA) is 0 Å². The van der Waals surface area contributed by atoms with Gasteiger partial charge in [-0.15, -0.1) is 0 Å². The Labute approximate surface area is 74.6 Å². The van der Waals surface area contributed by atoms with Gasteiger partial charge in [0.1, 0.15) is 0 Å². The van der Waals surface area contributed by atoms with Gasteiger partial charge in [-0.1, -0.05) is 0 Å². The minimum atomic E-state index is -2.16. The first-order valence-electron chi connectivity index (χ1n) is 4.12. The van der Waals surface area contributed by atoms with Gasteiger partial charge in [-0.2, -0.15) is 0 Å². The molecule has 1 heteroatoms. The SMILES string of the molecule is CCC#[C][Sn]([CH3])([CH3])[C]#CCC. The summed E-state index contributed by atoms with van der Waals surface area (Å²) in [6.07, 6.45) is 1.93. The number of hydrogen-bond acceptors (Lipinski definition) is 0. The Morgan fingerprint density at radius 3 is 1.55 bits per heavy atom. The van der Waals surface area contributed by atoms with E-state index in [9.17, 15) is 0 Å². The van der Waals surface area contributed by atoms with E-state index in [1.54, 1.807) is 0 Å². The van der Waals surface area contributed by atoms with Gasteiger partial charge in [0.25, 0.3) is 0 Å². The van der Waals surface area contributed by atoms with Crippen LogP contribution in [0.1, 0.15) is 26.7 Å². The van der Waals surface area contributed by atoms with Crippen molar-refractivity contribution in [3.05, 3.63) is 0 Å². The summed E-state index contributed by atoms with van der Waals surface area (Å²) < 4.78 is 6.66. The molecule has 0 amide bonds. The molecule has 0 fully saturated rings. The van der Waals surface area contributed by atoms with E-state index in [4.69, 9.17) is 0 Å². The molecule has 0 aliphatic rings. The number of rotatable bonds is 0. The summed E-state index contributed by atoms with van der Waals surface area (Å²) in [7, 11) is 0. The molecule has 0 heterocycles. The van der Waals surface area contributed by atoms with Crippen molar-refractivity contribution >= 4 is 18.4 Å². The van der Waals surface area contributed by atoms with Gasteiger partial charge in [0.2, 0.25) is 0 Å². The molecule has 0 saturated heterocycles. The fraction of sp³-hybridized carbons (Fsp3) is 0.600. The summed E-state index contributed by atoms with van der Waals surface area (Å²) in [4.78, 5) is 4.53. The molecular weight excluding hydrogens is 239 g/mol. The maximum atomic E-state index is 3.33. The van der Waals surface area contributed by atoms with Gasteiger partial charge in [0.15, 0.2) is 0 Å². The molecule has 0 saturated carbocycles. The zero-order chi connectivity index (χ0) is 8.74. The molecule has 0 aliphatic heterocycles. The van der Waals surface area contributed by atoms with Crippen LogP contribution in [0.3, 0.4) is 0 Å². The van der Waals surface area contributed by atoms with Gasteiger partial charge in [-0.05, 0) is 0 Å². The van der Waals surface area contributed by atoms with Gasteiger partial charge < -0.3 is 0 Å². The van der Waals surface area contributed by atoms with E-state index < -0.39 is 18.4 Å². The molecule has 0 unspecified atom stereocenters. The van der Waals surface area contributed by atoms with Gasteiger partial charge in [-0.25, -0.2) is 0 Å². The molecule has 0 spiro atoms. The first-order chi connectivity index (χ1) is 5.12. The molecule has 0 N–H and O–H groups in total. The molecule has 0 atom stereocenters. The zero-order valence-corrected chi connectivity index (χ0v) is 10.8. The average Bonchev–Trinajstić information content (AvgIpc) is 1.97. The van der Waals surface area contributed by atoms with Crippen LogP contribution in [-0.4, -0.2) is 18.4 Å². The van der Waals surface area contributed by atoms with Crippen LogP contribution in [0.25, 0.3) is 0 Å². The fourth-order valence-electron chi connectivity index (χ4n) is 0.650. The molecule has 0 radical (unpaired) electrons. The zero-order valence-electron chi connectivity index (χ0n) is 7.91. The molecule has 0 rings (SSSR count). The van der Waals surface area contributed by atoms with E-state index in [1.165, 1.54) is 0 Å². The molecule has 11 heavy (non-hydrogen) atoms. The van der Waals surface area contributed by atoms with Gasteiger partial charge >= 0.3 is 74.7 Å². The Kier molecular flexibility index (Phi) is 5.51. The Hall–Kier alpha value is -0.0813. The van der Waals surface area contributed by atoms with E-state index >= 15 is 0 Å². The van der Waals surface area contributed by atoms with Crippen molar-refractivity contribution < 1.29 is 0 Å². The van der Waals surface area contributed by atoms with E-state index in [0.29, 0.717) is 0 Å². The summed E-state index contributed by atoms with van der Waals surface area (Å²) in [5.41, 5.74) is 0. The van der Waals surface area contributed by atoms with Crippen LogP contribution in [0.15, 0.2) is 0 Å². The molecule has 0 nitrogen and oxygen atoms in total. The maximum absolute atomic E-state index is 3.33. The molecule has 0 bridgehead atoms. The van der Waals surface area contributed by atoms with Gasteiger partial charge in [0.05, 0.1) is 0 Å². The predicted molar refractivity (Wildman–Crippen MR) is 53.6 cm³/mol. The van der Waals surface area contributed by atoms with Crippen molar-refractivity contribution in [3.8, 4) is 19.7 Å². The van der Waals surface area contributed by atoms with Gasteiger partial charge in [0, 0.05) is 0 Å². The van der Waals surface area contributed by atoms with Crippen molar-refractivity contribution in [3.63, 3.8) is 0 Å². The first-order valence-corrected chi connectivity index (χ1v) is 12.7. The normalized spacial score (nSPS) is 9.09. The Balaban J connectivity index is 4.21. The first kappa shape index (κ1) is 10.9. The summed E-state index contributed by atoms with van der Waals surface area (Å²) >= 11 is -2.16. The molecule has 0 aromatic rings.